The zero-order valence-electron chi connectivity index (χ0n) is 17.3. The van der Waals surface area contributed by atoms with Crippen LogP contribution in [-0.2, 0) is 19.6 Å². The van der Waals surface area contributed by atoms with Crippen LogP contribution in [0, 0.1) is 4.77 Å². The molecule has 7 heteroatoms. The van der Waals surface area contributed by atoms with Crippen LogP contribution in [0.4, 0.5) is 0 Å². The van der Waals surface area contributed by atoms with Crippen molar-refractivity contribution in [2.45, 2.75) is 25.7 Å². The van der Waals surface area contributed by atoms with Crippen molar-refractivity contribution < 1.29 is 9.47 Å². The number of rotatable bonds is 7. The number of nitrogens with zero attached hydrogens (tertiary/aromatic N) is 4. The Morgan fingerprint density at radius 3 is 2.60 bits per heavy atom. The van der Waals surface area contributed by atoms with Gasteiger partial charge < -0.3 is 14.0 Å². The quantitative estimate of drug-likeness (QED) is 0.421. The minimum atomic E-state index is 0.0706. The first-order valence-corrected chi connectivity index (χ1v) is 10.3. The molecule has 2 heterocycles. The van der Waals surface area contributed by atoms with Crippen LogP contribution in [0.25, 0.3) is 0 Å². The average molecular weight is 423 g/mol. The van der Waals surface area contributed by atoms with E-state index in [1.54, 1.807) is 20.5 Å². The van der Waals surface area contributed by atoms with Crippen molar-refractivity contribution in [3.8, 4) is 11.5 Å². The van der Waals surface area contributed by atoms with Crippen LogP contribution >= 0.6 is 12.2 Å². The van der Waals surface area contributed by atoms with Gasteiger partial charge in [-0.1, -0.05) is 36.4 Å². The third kappa shape index (κ3) is 3.78. The molecule has 30 heavy (non-hydrogen) atoms. The Morgan fingerprint density at radius 2 is 1.90 bits per heavy atom. The van der Waals surface area contributed by atoms with Crippen LogP contribution < -0.4 is 9.47 Å². The van der Waals surface area contributed by atoms with E-state index in [0.717, 1.165) is 24.5 Å². The van der Waals surface area contributed by atoms with Gasteiger partial charge in [0.1, 0.15) is 6.33 Å². The number of hydrogen-bond acceptors (Lipinski definition) is 5. The largest absolute Gasteiger partial charge is 0.493 e. The van der Waals surface area contributed by atoms with E-state index in [-0.39, 0.29) is 6.04 Å². The molecule has 0 spiro atoms. The lowest BCUT2D eigenvalue weighted by atomic mass is 9.88. The summed E-state index contributed by atoms with van der Waals surface area (Å²) in [5.41, 5.74) is 3.73. The van der Waals surface area contributed by atoms with Gasteiger partial charge in [0.15, 0.2) is 16.3 Å². The monoisotopic (exact) mass is 422 g/mol. The molecule has 1 aromatic heterocycles. The number of fused-ring (bicyclic) bond motifs is 1. The van der Waals surface area contributed by atoms with Gasteiger partial charge in [0, 0.05) is 13.1 Å². The highest BCUT2D eigenvalue weighted by Gasteiger charge is 2.30. The third-order valence-corrected chi connectivity index (χ3v) is 5.97. The maximum atomic E-state index is 5.62. The molecule has 0 aliphatic carbocycles. The molecule has 1 aliphatic rings. The van der Waals surface area contributed by atoms with Gasteiger partial charge in [-0.2, -0.15) is 5.10 Å². The van der Waals surface area contributed by atoms with Gasteiger partial charge >= 0.3 is 0 Å². The number of methoxy groups -OCH3 is 2. The predicted octanol–water partition coefficient (Wildman–Crippen LogP) is 4.22. The lowest BCUT2D eigenvalue weighted by molar-refractivity contribution is 0.154. The smallest absolute Gasteiger partial charge is 0.199 e. The lowest BCUT2D eigenvalue weighted by Gasteiger charge is -2.37. The van der Waals surface area contributed by atoms with Crippen molar-refractivity contribution in [2.75, 3.05) is 20.8 Å². The Labute approximate surface area is 182 Å². The van der Waals surface area contributed by atoms with E-state index in [0.29, 0.717) is 18.0 Å². The fourth-order valence-corrected chi connectivity index (χ4v) is 4.31. The van der Waals surface area contributed by atoms with E-state index in [1.807, 2.05) is 21.4 Å². The molecule has 1 aliphatic heterocycles. The average Bonchev–Trinajstić information content (AvgIpc) is 3.12. The van der Waals surface area contributed by atoms with Crippen molar-refractivity contribution in [1.82, 2.24) is 19.2 Å². The van der Waals surface area contributed by atoms with E-state index in [9.17, 15) is 0 Å². The van der Waals surface area contributed by atoms with E-state index < -0.39 is 0 Å². The molecule has 6 nitrogen and oxygen atoms in total. The van der Waals surface area contributed by atoms with E-state index in [1.165, 1.54) is 16.7 Å². The number of allylic oxidation sites excluding steroid dienone is 1. The highest BCUT2D eigenvalue weighted by atomic mass is 32.1. The summed E-state index contributed by atoms with van der Waals surface area (Å²) in [5, 5.41) is 4.51. The van der Waals surface area contributed by atoms with Crippen LogP contribution in [0.2, 0.25) is 0 Å². The molecular weight excluding hydrogens is 396 g/mol. The molecule has 1 unspecified atom stereocenters. The molecule has 0 bridgehead atoms. The van der Waals surface area contributed by atoms with Gasteiger partial charge in [-0.05, 0) is 47.5 Å². The third-order valence-electron chi connectivity index (χ3n) is 5.53. The normalized spacial score (nSPS) is 16.1. The molecule has 2 aromatic carbocycles. The standard InChI is InChI=1S/C23H26N4O2S/c1-4-11-25-15-24-27(23(25)30)16-26-12-10-18-13-20(28-2)21(29-3)14-19(18)22(26)17-8-6-5-7-9-17/h4-9,13-15,22H,1,10-12,16H2,2-3H3. The summed E-state index contributed by atoms with van der Waals surface area (Å²) in [6.07, 6.45) is 4.51. The van der Waals surface area contributed by atoms with Crippen LogP contribution in [0.3, 0.4) is 0 Å². The van der Waals surface area contributed by atoms with Gasteiger partial charge in [0.25, 0.3) is 0 Å². The summed E-state index contributed by atoms with van der Waals surface area (Å²) in [5.74, 6) is 1.51. The first-order chi connectivity index (χ1) is 14.7. The van der Waals surface area contributed by atoms with E-state index >= 15 is 0 Å². The van der Waals surface area contributed by atoms with Crippen molar-refractivity contribution in [2.24, 2.45) is 0 Å². The number of aromatic nitrogens is 3. The molecule has 4 rings (SSSR count). The highest BCUT2D eigenvalue weighted by molar-refractivity contribution is 7.71. The van der Waals surface area contributed by atoms with Crippen LogP contribution in [-0.4, -0.2) is 40.0 Å². The predicted molar refractivity (Wildman–Crippen MR) is 119 cm³/mol. The van der Waals surface area contributed by atoms with Crippen LogP contribution in [0.5, 0.6) is 11.5 Å². The Kier molecular flexibility index (Phi) is 6.01. The van der Waals surface area contributed by atoms with Gasteiger partial charge in [0.05, 0.1) is 26.9 Å². The van der Waals surface area contributed by atoms with Crippen molar-refractivity contribution in [1.29, 1.82) is 0 Å². The summed E-state index contributed by atoms with van der Waals surface area (Å²) in [7, 11) is 3.35. The first-order valence-electron chi connectivity index (χ1n) is 9.93. The minimum absolute atomic E-state index is 0.0706. The Hall–Kier alpha value is -2.90. The summed E-state index contributed by atoms with van der Waals surface area (Å²) in [4.78, 5) is 2.41. The van der Waals surface area contributed by atoms with Gasteiger partial charge in [-0.25, -0.2) is 4.68 Å². The van der Waals surface area contributed by atoms with Crippen LogP contribution in [0.1, 0.15) is 22.7 Å². The first kappa shape index (κ1) is 20.4. The summed E-state index contributed by atoms with van der Waals surface area (Å²) >= 11 is 5.62. The van der Waals surface area contributed by atoms with Gasteiger partial charge in [-0.3, -0.25) is 4.90 Å². The highest BCUT2D eigenvalue weighted by Crippen LogP contribution is 2.41. The maximum Gasteiger partial charge on any atom is 0.199 e. The Balaban J connectivity index is 1.76. The number of hydrogen-bond donors (Lipinski definition) is 0. The number of benzene rings is 2. The molecule has 0 saturated heterocycles. The van der Waals surface area contributed by atoms with Crippen molar-refractivity contribution in [3.05, 3.63) is 82.9 Å². The SMILES string of the molecule is C=CCn1cnn(CN2CCc3cc(OC)c(OC)cc3C2c2ccccc2)c1=S. The maximum absolute atomic E-state index is 5.62. The van der Waals surface area contributed by atoms with E-state index in [4.69, 9.17) is 21.7 Å². The molecule has 0 fully saturated rings. The molecular formula is C23H26N4O2S. The van der Waals surface area contributed by atoms with Crippen LogP contribution in [0.15, 0.2) is 61.4 Å². The second kappa shape index (κ2) is 8.85. The van der Waals surface area contributed by atoms with Crippen molar-refractivity contribution >= 4 is 12.2 Å². The zero-order valence-corrected chi connectivity index (χ0v) is 18.1. The topological polar surface area (TPSA) is 44.5 Å². The molecule has 0 saturated carbocycles. The summed E-state index contributed by atoms with van der Waals surface area (Å²) in [6.45, 7) is 5.94. The minimum Gasteiger partial charge on any atom is -0.493 e. The van der Waals surface area contributed by atoms with Crippen molar-refractivity contribution in [3.63, 3.8) is 0 Å². The second-order valence-corrected chi connectivity index (χ2v) is 7.64. The molecule has 0 amide bonds. The summed E-state index contributed by atoms with van der Waals surface area (Å²) in [6, 6.07) is 14.8. The fourth-order valence-electron chi connectivity index (χ4n) is 4.08. The Bertz CT molecular complexity index is 1090. The second-order valence-electron chi connectivity index (χ2n) is 7.28. The summed E-state index contributed by atoms with van der Waals surface area (Å²) < 4.78 is 15.6. The lowest BCUT2D eigenvalue weighted by Crippen LogP contribution is -2.37. The molecule has 156 valence electrons. The molecule has 0 radical (unpaired) electrons. The molecule has 3 aromatic rings. The van der Waals surface area contributed by atoms with E-state index in [2.05, 4.69) is 53.0 Å². The number of ether oxygens (including phenoxy) is 2. The zero-order chi connectivity index (χ0) is 21.1. The fraction of sp³-hybridized carbons (Fsp3) is 0.304. The molecule has 1 atom stereocenters. The Morgan fingerprint density at radius 1 is 1.17 bits per heavy atom. The van der Waals surface area contributed by atoms with Gasteiger partial charge in [-0.15, -0.1) is 6.58 Å². The molecule has 0 N–H and O–H groups in total. The van der Waals surface area contributed by atoms with Gasteiger partial charge in [0.2, 0.25) is 0 Å².